The van der Waals surface area contributed by atoms with Crippen LogP contribution in [0.25, 0.3) is 0 Å². The Labute approximate surface area is 113 Å². The number of rotatable bonds is 2. The average Bonchev–Trinajstić information content (AvgIpc) is 2.71. The first-order valence-corrected chi connectivity index (χ1v) is 6.57. The van der Waals surface area contributed by atoms with Crippen LogP contribution in [0.2, 0.25) is 0 Å². The van der Waals surface area contributed by atoms with Gasteiger partial charge in [-0.25, -0.2) is 0 Å². The molecule has 0 radical (unpaired) electrons. The lowest BCUT2D eigenvalue weighted by Gasteiger charge is -2.25. The Kier molecular flexibility index (Phi) is 2.82. The van der Waals surface area contributed by atoms with Gasteiger partial charge in [0.15, 0.2) is 0 Å². The molecule has 0 aromatic heterocycles. The molecule has 0 bridgehead atoms. The third-order valence-electron chi connectivity index (χ3n) is 3.79. The van der Waals surface area contributed by atoms with Crippen molar-refractivity contribution in [2.75, 3.05) is 10.6 Å². The fourth-order valence-electron chi connectivity index (χ4n) is 2.79. The number of anilines is 2. The molecule has 3 N–H and O–H groups in total. The van der Waals surface area contributed by atoms with Crippen LogP contribution in [-0.2, 0) is 13.0 Å². The van der Waals surface area contributed by atoms with Crippen molar-refractivity contribution in [2.45, 2.75) is 25.9 Å². The maximum absolute atomic E-state index is 9.95. The smallest absolute Gasteiger partial charge is 0.120 e. The lowest BCUT2D eigenvalue weighted by atomic mass is 10.1. The predicted octanol–water partition coefficient (Wildman–Crippen LogP) is 2.93. The first-order valence-electron chi connectivity index (χ1n) is 6.57. The minimum Gasteiger partial charge on any atom is -0.508 e. The van der Waals surface area contributed by atoms with Crippen molar-refractivity contribution in [1.29, 1.82) is 0 Å². The Morgan fingerprint density at radius 1 is 1.26 bits per heavy atom. The number of aromatic hydroxyl groups is 1. The van der Waals surface area contributed by atoms with E-state index in [1.807, 2.05) is 6.07 Å². The van der Waals surface area contributed by atoms with E-state index in [1.165, 1.54) is 11.3 Å². The number of para-hydroxylation sites is 1. The molecule has 3 nitrogen and oxygen atoms in total. The summed E-state index contributed by atoms with van der Waals surface area (Å²) >= 11 is 0. The van der Waals surface area contributed by atoms with E-state index in [9.17, 15) is 5.11 Å². The highest BCUT2D eigenvalue weighted by Gasteiger charge is 2.25. The lowest BCUT2D eigenvalue weighted by Crippen LogP contribution is -2.28. The fourth-order valence-corrected chi connectivity index (χ4v) is 2.79. The maximum Gasteiger partial charge on any atom is 0.120 e. The molecule has 19 heavy (non-hydrogen) atoms. The molecule has 3 heteroatoms. The standard InChI is InChI=1S/C16H18N2O/c1-11-8-12-4-2-3-5-15(12)18(11)10-13-9-14(17)6-7-16(13)19/h2-7,9,11,19H,8,10,17H2,1H3. The van der Waals surface area contributed by atoms with Gasteiger partial charge in [0.2, 0.25) is 0 Å². The van der Waals surface area contributed by atoms with Crippen molar-refractivity contribution in [3.05, 3.63) is 53.6 Å². The van der Waals surface area contributed by atoms with E-state index >= 15 is 0 Å². The number of fused-ring (bicyclic) bond motifs is 1. The summed E-state index contributed by atoms with van der Waals surface area (Å²) in [4.78, 5) is 2.32. The molecule has 0 aliphatic carbocycles. The van der Waals surface area contributed by atoms with Gasteiger partial charge in [-0.15, -0.1) is 0 Å². The molecule has 1 atom stereocenters. The topological polar surface area (TPSA) is 49.5 Å². The number of phenolic OH excluding ortho intramolecular Hbond substituents is 1. The molecular weight excluding hydrogens is 236 g/mol. The molecule has 1 unspecified atom stereocenters. The van der Waals surface area contributed by atoms with Gasteiger partial charge in [-0.1, -0.05) is 18.2 Å². The van der Waals surface area contributed by atoms with Crippen LogP contribution < -0.4 is 10.6 Å². The molecule has 2 aromatic carbocycles. The summed E-state index contributed by atoms with van der Waals surface area (Å²) in [5.74, 6) is 0.311. The lowest BCUT2D eigenvalue weighted by molar-refractivity contribution is 0.466. The third-order valence-corrected chi connectivity index (χ3v) is 3.79. The van der Waals surface area contributed by atoms with Crippen LogP contribution in [-0.4, -0.2) is 11.1 Å². The van der Waals surface area contributed by atoms with Gasteiger partial charge < -0.3 is 15.7 Å². The van der Waals surface area contributed by atoms with Crippen LogP contribution in [0.5, 0.6) is 5.75 Å². The zero-order chi connectivity index (χ0) is 13.4. The van der Waals surface area contributed by atoms with Gasteiger partial charge in [0.05, 0.1) is 0 Å². The van der Waals surface area contributed by atoms with Gasteiger partial charge in [0.25, 0.3) is 0 Å². The number of hydrogen-bond acceptors (Lipinski definition) is 3. The first-order chi connectivity index (χ1) is 9.15. The van der Waals surface area contributed by atoms with Crippen LogP contribution in [0.1, 0.15) is 18.1 Å². The predicted molar refractivity (Wildman–Crippen MR) is 78.3 cm³/mol. The van der Waals surface area contributed by atoms with E-state index in [1.54, 1.807) is 12.1 Å². The van der Waals surface area contributed by atoms with Crippen molar-refractivity contribution in [3.63, 3.8) is 0 Å². The van der Waals surface area contributed by atoms with Crippen molar-refractivity contribution in [3.8, 4) is 5.75 Å². The highest BCUT2D eigenvalue weighted by Crippen LogP contribution is 2.34. The first kappa shape index (κ1) is 11.9. The molecule has 3 rings (SSSR count). The number of phenols is 1. The largest absolute Gasteiger partial charge is 0.508 e. The van der Waals surface area contributed by atoms with Crippen molar-refractivity contribution in [2.24, 2.45) is 0 Å². The zero-order valence-corrected chi connectivity index (χ0v) is 11.0. The second-order valence-electron chi connectivity index (χ2n) is 5.20. The van der Waals surface area contributed by atoms with E-state index in [2.05, 4.69) is 36.1 Å². The summed E-state index contributed by atoms with van der Waals surface area (Å²) in [5, 5.41) is 9.95. The summed E-state index contributed by atoms with van der Waals surface area (Å²) in [6.45, 7) is 2.90. The Morgan fingerprint density at radius 3 is 2.89 bits per heavy atom. The number of nitrogens with two attached hydrogens (primary N) is 1. The fraction of sp³-hybridized carbons (Fsp3) is 0.250. The second-order valence-corrected chi connectivity index (χ2v) is 5.20. The Hall–Kier alpha value is -2.16. The van der Waals surface area contributed by atoms with Crippen LogP contribution in [0, 0.1) is 0 Å². The molecule has 1 aliphatic heterocycles. The van der Waals surface area contributed by atoms with Gasteiger partial charge >= 0.3 is 0 Å². The Balaban J connectivity index is 1.93. The van der Waals surface area contributed by atoms with Crippen molar-refractivity contribution < 1.29 is 5.11 Å². The minimum absolute atomic E-state index is 0.311. The molecule has 0 spiro atoms. The van der Waals surface area contributed by atoms with Gasteiger partial charge in [-0.2, -0.15) is 0 Å². The van der Waals surface area contributed by atoms with Crippen molar-refractivity contribution in [1.82, 2.24) is 0 Å². The molecule has 1 heterocycles. The molecule has 0 saturated heterocycles. The summed E-state index contributed by atoms with van der Waals surface area (Å²) in [7, 11) is 0. The molecule has 0 saturated carbocycles. The molecule has 98 valence electrons. The van der Waals surface area contributed by atoms with Crippen molar-refractivity contribution >= 4 is 11.4 Å². The van der Waals surface area contributed by atoms with Gasteiger partial charge in [0.1, 0.15) is 5.75 Å². The minimum atomic E-state index is 0.311. The van der Waals surface area contributed by atoms with E-state index in [-0.39, 0.29) is 0 Å². The quantitative estimate of drug-likeness (QED) is 0.640. The highest BCUT2D eigenvalue weighted by atomic mass is 16.3. The summed E-state index contributed by atoms with van der Waals surface area (Å²) in [5.41, 5.74) is 10.0. The summed E-state index contributed by atoms with van der Waals surface area (Å²) in [6.07, 6.45) is 1.05. The SMILES string of the molecule is CC1Cc2ccccc2N1Cc1cc(N)ccc1O. The van der Waals surface area contributed by atoms with Crippen LogP contribution >= 0.6 is 0 Å². The van der Waals surface area contributed by atoms with Gasteiger partial charge in [-0.05, 0) is 43.2 Å². The van der Waals surface area contributed by atoms with Gasteiger partial charge in [-0.3, -0.25) is 0 Å². The third kappa shape index (κ3) is 2.12. The molecule has 1 aliphatic rings. The molecule has 2 aromatic rings. The molecule has 0 amide bonds. The number of benzene rings is 2. The monoisotopic (exact) mass is 254 g/mol. The average molecular weight is 254 g/mol. The number of hydrogen-bond donors (Lipinski definition) is 2. The molecule has 0 fully saturated rings. The van der Waals surface area contributed by atoms with E-state index in [0.29, 0.717) is 24.0 Å². The van der Waals surface area contributed by atoms with Crippen LogP contribution in [0.15, 0.2) is 42.5 Å². The Bertz CT molecular complexity index is 609. The van der Waals surface area contributed by atoms with E-state index in [4.69, 9.17) is 5.73 Å². The number of nitrogen functional groups attached to an aromatic ring is 1. The normalized spacial score (nSPS) is 17.5. The molecular formula is C16H18N2O. The number of nitrogens with zero attached hydrogens (tertiary/aromatic N) is 1. The maximum atomic E-state index is 9.95. The summed E-state index contributed by atoms with van der Waals surface area (Å²) in [6, 6.07) is 14.1. The Morgan fingerprint density at radius 2 is 2.05 bits per heavy atom. The highest BCUT2D eigenvalue weighted by molar-refractivity contribution is 5.60. The zero-order valence-electron chi connectivity index (χ0n) is 11.0. The second kappa shape index (κ2) is 4.50. The summed E-state index contributed by atoms with van der Waals surface area (Å²) < 4.78 is 0. The van der Waals surface area contributed by atoms with Crippen LogP contribution in [0.3, 0.4) is 0 Å². The van der Waals surface area contributed by atoms with E-state index < -0.39 is 0 Å². The van der Waals surface area contributed by atoms with E-state index in [0.717, 1.165) is 12.0 Å². The van der Waals surface area contributed by atoms with Crippen LogP contribution in [0.4, 0.5) is 11.4 Å². The van der Waals surface area contributed by atoms with Gasteiger partial charge in [0, 0.05) is 29.5 Å².